The summed E-state index contributed by atoms with van der Waals surface area (Å²) < 4.78 is 0. The standard InChI is InChI=1S/C20H20N4O2/c25-16-9-11-24(12-10-16)15-7-5-14(6-8-15)22-20(26)19-13-21-17-3-1-2-4-18(17)23-19/h1-8,13,16,25H,9-12H2,(H,22,26). The third-order valence-corrected chi connectivity index (χ3v) is 4.64. The maximum Gasteiger partial charge on any atom is 0.275 e. The van der Waals surface area contributed by atoms with E-state index in [1.54, 1.807) is 0 Å². The van der Waals surface area contributed by atoms with Gasteiger partial charge in [0.1, 0.15) is 5.69 Å². The predicted octanol–water partition coefficient (Wildman–Crippen LogP) is 2.84. The van der Waals surface area contributed by atoms with Crippen molar-refractivity contribution < 1.29 is 9.90 Å². The molecule has 2 N–H and O–H groups in total. The minimum Gasteiger partial charge on any atom is -0.393 e. The van der Waals surface area contributed by atoms with Crippen molar-refractivity contribution in [2.45, 2.75) is 18.9 Å². The Bertz CT molecular complexity index is 919. The molecule has 1 aromatic heterocycles. The molecule has 3 aromatic rings. The van der Waals surface area contributed by atoms with E-state index in [0.29, 0.717) is 11.2 Å². The van der Waals surface area contributed by atoms with Crippen molar-refractivity contribution >= 4 is 28.3 Å². The van der Waals surface area contributed by atoms with Crippen LogP contribution in [-0.2, 0) is 0 Å². The maximum absolute atomic E-state index is 12.4. The number of benzene rings is 2. The largest absolute Gasteiger partial charge is 0.393 e. The fourth-order valence-corrected chi connectivity index (χ4v) is 3.14. The van der Waals surface area contributed by atoms with Gasteiger partial charge in [-0.15, -0.1) is 0 Å². The number of aliphatic hydroxyl groups is 1. The Balaban J connectivity index is 1.45. The summed E-state index contributed by atoms with van der Waals surface area (Å²) in [5.74, 6) is -0.280. The Morgan fingerprint density at radius 1 is 1.04 bits per heavy atom. The van der Waals surface area contributed by atoms with Crippen LogP contribution in [0.2, 0.25) is 0 Å². The number of carbonyl (C=O) groups excluding carboxylic acids is 1. The van der Waals surface area contributed by atoms with Crippen molar-refractivity contribution in [3.8, 4) is 0 Å². The highest BCUT2D eigenvalue weighted by Gasteiger charge is 2.17. The van der Waals surface area contributed by atoms with Gasteiger partial charge in [0, 0.05) is 24.5 Å². The minimum absolute atomic E-state index is 0.187. The fourth-order valence-electron chi connectivity index (χ4n) is 3.14. The second-order valence-corrected chi connectivity index (χ2v) is 6.46. The molecule has 4 rings (SSSR count). The first-order valence-corrected chi connectivity index (χ1v) is 8.75. The summed E-state index contributed by atoms with van der Waals surface area (Å²) >= 11 is 0. The van der Waals surface area contributed by atoms with Crippen LogP contribution in [-0.4, -0.2) is 40.2 Å². The number of nitrogens with one attached hydrogen (secondary N) is 1. The number of rotatable bonds is 3. The van der Waals surface area contributed by atoms with Crippen LogP contribution in [0.1, 0.15) is 23.3 Å². The summed E-state index contributed by atoms with van der Waals surface area (Å²) in [6.45, 7) is 1.69. The zero-order valence-corrected chi connectivity index (χ0v) is 14.3. The van der Waals surface area contributed by atoms with Crippen LogP contribution in [0, 0.1) is 0 Å². The lowest BCUT2D eigenvalue weighted by Crippen LogP contribution is -2.35. The Morgan fingerprint density at radius 3 is 2.46 bits per heavy atom. The van der Waals surface area contributed by atoms with E-state index >= 15 is 0 Å². The van der Waals surface area contributed by atoms with E-state index in [4.69, 9.17) is 0 Å². The molecule has 0 aliphatic carbocycles. The average molecular weight is 348 g/mol. The van der Waals surface area contributed by atoms with Crippen molar-refractivity contribution in [3.05, 3.63) is 60.4 Å². The molecular formula is C20H20N4O2. The number of nitrogens with zero attached hydrogens (tertiary/aromatic N) is 3. The summed E-state index contributed by atoms with van der Waals surface area (Å²) in [5, 5.41) is 12.5. The van der Waals surface area contributed by atoms with E-state index in [9.17, 15) is 9.90 Å². The molecule has 0 bridgehead atoms. The van der Waals surface area contributed by atoms with Gasteiger partial charge in [0.15, 0.2) is 0 Å². The first-order chi connectivity index (χ1) is 12.7. The fraction of sp³-hybridized carbons (Fsp3) is 0.250. The highest BCUT2D eigenvalue weighted by atomic mass is 16.3. The van der Waals surface area contributed by atoms with Gasteiger partial charge < -0.3 is 15.3 Å². The number of para-hydroxylation sites is 2. The summed E-state index contributed by atoms with van der Waals surface area (Å²) in [7, 11) is 0. The number of hydrogen-bond donors (Lipinski definition) is 2. The van der Waals surface area contributed by atoms with Crippen LogP contribution in [0.25, 0.3) is 11.0 Å². The SMILES string of the molecule is O=C(Nc1ccc(N2CCC(O)CC2)cc1)c1cnc2ccccc2n1. The second-order valence-electron chi connectivity index (χ2n) is 6.46. The van der Waals surface area contributed by atoms with Gasteiger partial charge in [0.2, 0.25) is 0 Å². The van der Waals surface area contributed by atoms with Crippen LogP contribution in [0.5, 0.6) is 0 Å². The monoisotopic (exact) mass is 348 g/mol. The van der Waals surface area contributed by atoms with Gasteiger partial charge in [-0.1, -0.05) is 12.1 Å². The Labute approximate surface area is 151 Å². The van der Waals surface area contributed by atoms with E-state index in [1.165, 1.54) is 6.20 Å². The lowest BCUT2D eigenvalue weighted by Gasteiger charge is -2.31. The number of amides is 1. The van der Waals surface area contributed by atoms with Gasteiger partial charge in [-0.3, -0.25) is 9.78 Å². The smallest absolute Gasteiger partial charge is 0.275 e. The molecule has 132 valence electrons. The van der Waals surface area contributed by atoms with Crippen LogP contribution in [0.3, 0.4) is 0 Å². The molecule has 1 aliphatic heterocycles. The molecular weight excluding hydrogens is 328 g/mol. The number of aliphatic hydroxyl groups excluding tert-OH is 1. The molecule has 6 nitrogen and oxygen atoms in total. The summed E-state index contributed by atoms with van der Waals surface area (Å²) in [6.07, 6.45) is 2.89. The van der Waals surface area contributed by atoms with Gasteiger partial charge in [-0.25, -0.2) is 4.98 Å². The topological polar surface area (TPSA) is 78.4 Å². The molecule has 1 fully saturated rings. The van der Waals surface area contributed by atoms with E-state index in [1.807, 2.05) is 48.5 Å². The van der Waals surface area contributed by atoms with Gasteiger partial charge in [-0.2, -0.15) is 0 Å². The van der Waals surface area contributed by atoms with Crippen molar-refractivity contribution in [2.75, 3.05) is 23.3 Å². The average Bonchev–Trinajstić information content (AvgIpc) is 2.69. The maximum atomic E-state index is 12.4. The minimum atomic E-state index is -0.280. The molecule has 26 heavy (non-hydrogen) atoms. The van der Waals surface area contributed by atoms with Crippen molar-refractivity contribution in [3.63, 3.8) is 0 Å². The number of carbonyl (C=O) groups is 1. The van der Waals surface area contributed by atoms with E-state index < -0.39 is 0 Å². The molecule has 2 heterocycles. The van der Waals surface area contributed by atoms with Crippen molar-refractivity contribution in [2.24, 2.45) is 0 Å². The lowest BCUT2D eigenvalue weighted by atomic mass is 10.1. The molecule has 2 aromatic carbocycles. The third-order valence-electron chi connectivity index (χ3n) is 4.64. The Morgan fingerprint density at radius 2 is 1.73 bits per heavy atom. The Kier molecular flexibility index (Phi) is 4.50. The quantitative estimate of drug-likeness (QED) is 0.761. The lowest BCUT2D eigenvalue weighted by molar-refractivity contribution is 0.102. The zero-order chi connectivity index (χ0) is 17.9. The number of hydrogen-bond acceptors (Lipinski definition) is 5. The van der Waals surface area contributed by atoms with Crippen LogP contribution < -0.4 is 10.2 Å². The second kappa shape index (κ2) is 7.09. The summed E-state index contributed by atoms with van der Waals surface area (Å²) in [6, 6.07) is 15.2. The molecule has 6 heteroatoms. The van der Waals surface area contributed by atoms with Gasteiger partial charge in [0.05, 0.1) is 23.3 Å². The highest BCUT2D eigenvalue weighted by Crippen LogP contribution is 2.22. The van der Waals surface area contributed by atoms with Gasteiger partial charge in [0.25, 0.3) is 5.91 Å². The molecule has 0 radical (unpaired) electrons. The normalized spacial score (nSPS) is 15.2. The first-order valence-electron chi connectivity index (χ1n) is 8.75. The third kappa shape index (κ3) is 3.50. The highest BCUT2D eigenvalue weighted by molar-refractivity contribution is 6.03. The molecule has 0 unspecified atom stereocenters. The van der Waals surface area contributed by atoms with Crippen molar-refractivity contribution in [1.82, 2.24) is 9.97 Å². The van der Waals surface area contributed by atoms with Crippen molar-refractivity contribution in [1.29, 1.82) is 0 Å². The first kappa shape index (κ1) is 16.5. The number of fused-ring (bicyclic) bond motifs is 1. The van der Waals surface area contributed by atoms with E-state index in [2.05, 4.69) is 20.2 Å². The van der Waals surface area contributed by atoms with Crippen LogP contribution in [0.15, 0.2) is 54.7 Å². The summed E-state index contributed by atoms with van der Waals surface area (Å²) in [5.41, 5.74) is 3.56. The van der Waals surface area contributed by atoms with E-state index in [-0.39, 0.29) is 17.7 Å². The molecule has 0 saturated carbocycles. The summed E-state index contributed by atoms with van der Waals surface area (Å²) in [4.78, 5) is 23.3. The van der Waals surface area contributed by atoms with Crippen LogP contribution >= 0.6 is 0 Å². The van der Waals surface area contributed by atoms with Gasteiger partial charge >= 0.3 is 0 Å². The van der Waals surface area contributed by atoms with Crippen LogP contribution in [0.4, 0.5) is 11.4 Å². The molecule has 0 spiro atoms. The number of aromatic nitrogens is 2. The number of piperidine rings is 1. The van der Waals surface area contributed by atoms with Gasteiger partial charge in [-0.05, 0) is 49.2 Å². The number of anilines is 2. The molecule has 1 aliphatic rings. The molecule has 0 atom stereocenters. The Hall–Kier alpha value is -2.99. The van der Waals surface area contributed by atoms with E-state index in [0.717, 1.165) is 37.1 Å². The molecule has 1 amide bonds. The predicted molar refractivity (Wildman–Crippen MR) is 101 cm³/mol. The molecule has 1 saturated heterocycles. The zero-order valence-electron chi connectivity index (χ0n) is 14.3.